The van der Waals surface area contributed by atoms with Crippen LogP contribution in [-0.4, -0.2) is 9.97 Å². The van der Waals surface area contributed by atoms with Crippen LogP contribution in [0.15, 0.2) is 22.8 Å². The molecule has 0 aliphatic carbocycles. The second-order valence-corrected chi connectivity index (χ2v) is 4.09. The summed E-state index contributed by atoms with van der Waals surface area (Å²) in [4.78, 5) is 8.63. The molecular formula is C11H10BrFN2. The molecule has 0 fully saturated rings. The molecule has 4 heteroatoms. The van der Waals surface area contributed by atoms with Crippen molar-refractivity contribution < 1.29 is 4.39 Å². The summed E-state index contributed by atoms with van der Waals surface area (Å²) >= 11 is 3.33. The highest BCUT2D eigenvalue weighted by Gasteiger charge is 2.05. The van der Waals surface area contributed by atoms with Gasteiger partial charge in [0.25, 0.3) is 0 Å². The van der Waals surface area contributed by atoms with Gasteiger partial charge >= 0.3 is 0 Å². The van der Waals surface area contributed by atoms with E-state index in [-0.39, 0.29) is 5.82 Å². The Morgan fingerprint density at radius 2 is 2.13 bits per heavy atom. The molecule has 2 aromatic rings. The van der Waals surface area contributed by atoms with E-state index in [9.17, 15) is 4.39 Å². The Hall–Kier alpha value is -1.03. The number of halogens is 2. The number of nitrogens with zero attached hydrogens (tertiary/aromatic N) is 2. The Bertz CT molecular complexity index is 499. The second kappa shape index (κ2) is 4.23. The van der Waals surface area contributed by atoms with Gasteiger partial charge in [0.15, 0.2) is 0 Å². The second-order valence-electron chi connectivity index (χ2n) is 3.34. The molecule has 0 spiro atoms. The van der Waals surface area contributed by atoms with Crippen LogP contribution < -0.4 is 0 Å². The van der Waals surface area contributed by atoms with E-state index in [4.69, 9.17) is 0 Å². The third-order valence-electron chi connectivity index (χ3n) is 2.13. The fourth-order valence-electron chi connectivity index (χ4n) is 1.44. The van der Waals surface area contributed by atoms with Gasteiger partial charge in [-0.2, -0.15) is 0 Å². The number of fused-ring (bicyclic) bond motifs is 1. The maximum atomic E-state index is 13.0. The average molecular weight is 269 g/mol. The van der Waals surface area contributed by atoms with Gasteiger partial charge in [0.05, 0.1) is 5.52 Å². The van der Waals surface area contributed by atoms with Crippen LogP contribution in [0.3, 0.4) is 0 Å². The quantitative estimate of drug-likeness (QED) is 0.780. The van der Waals surface area contributed by atoms with Gasteiger partial charge < -0.3 is 0 Å². The van der Waals surface area contributed by atoms with Crippen molar-refractivity contribution in [2.24, 2.45) is 0 Å². The Balaban J connectivity index is 2.62. The van der Waals surface area contributed by atoms with Crippen molar-refractivity contribution in [3.05, 3.63) is 34.4 Å². The van der Waals surface area contributed by atoms with E-state index in [0.717, 1.165) is 29.6 Å². The highest BCUT2D eigenvalue weighted by Crippen LogP contribution is 2.21. The lowest BCUT2D eigenvalue weighted by molar-refractivity contribution is 0.629. The van der Waals surface area contributed by atoms with E-state index in [1.165, 1.54) is 12.1 Å². The Kier molecular flexibility index (Phi) is 2.95. The lowest BCUT2D eigenvalue weighted by atomic mass is 10.2. The first-order valence-electron chi connectivity index (χ1n) is 4.82. The first kappa shape index (κ1) is 10.5. The molecule has 0 atom stereocenters. The third kappa shape index (κ3) is 2.15. The van der Waals surface area contributed by atoms with Crippen LogP contribution in [0.25, 0.3) is 10.9 Å². The predicted octanol–water partition coefficient (Wildman–Crippen LogP) is 3.48. The van der Waals surface area contributed by atoms with Crippen LogP contribution in [0.5, 0.6) is 0 Å². The fraction of sp³-hybridized carbons (Fsp3) is 0.273. The van der Waals surface area contributed by atoms with Crippen LogP contribution in [-0.2, 0) is 6.42 Å². The van der Waals surface area contributed by atoms with E-state index < -0.39 is 0 Å². The molecule has 0 saturated carbocycles. The minimum atomic E-state index is -0.268. The molecule has 2 nitrogen and oxygen atoms in total. The van der Waals surface area contributed by atoms with Crippen molar-refractivity contribution in [3.63, 3.8) is 0 Å². The maximum Gasteiger partial charge on any atom is 0.130 e. The van der Waals surface area contributed by atoms with Crippen molar-refractivity contribution >= 4 is 26.8 Å². The van der Waals surface area contributed by atoms with Crippen molar-refractivity contribution in [1.82, 2.24) is 9.97 Å². The van der Waals surface area contributed by atoms with Gasteiger partial charge in [-0.1, -0.05) is 6.92 Å². The smallest absolute Gasteiger partial charge is 0.130 e. The van der Waals surface area contributed by atoms with E-state index in [0.29, 0.717) is 4.60 Å². The van der Waals surface area contributed by atoms with E-state index >= 15 is 0 Å². The molecule has 1 aromatic heterocycles. The molecule has 78 valence electrons. The summed E-state index contributed by atoms with van der Waals surface area (Å²) < 4.78 is 13.7. The largest absolute Gasteiger partial charge is 0.233 e. The fourth-order valence-corrected chi connectivity index (χ4v) is 1.97. The van der Waals surface area contributed by atoms with Crippen LogP contribution in [0.4, 0.5) is 4.39 Å². The van der Waals surface area contributed by atoms with Crippen LogP contribution in [0, 0.1) is 5.82 Å². The molecule has 0 aliphatic rings. The topological polar surface area (TPSA) is 25.8 Å². The number of aromatic nitrogens is 2. The van der Waals surface area contributed by atoms with Gasteiger partial charge in [-0.3, -0.25) is 0 Å². The summed E-state index contributed by atoms with van der Waals surface area (Å²) in [7, 11) is 0. The molecule has 15 heavy (non-hydrogen) atoms. The molecule has 1 heterocycles. The van der Waals surface area contributed by atoms with Crippen molar-refractivity contribution in [1.29, 1.82) is 0 Å². The Morgan fingerprint density at radius 1 is 1.33 bits per heavy atom. The number of hydrogen-bond donors (Lipinski definition) is 0. The van der Waals surface area contributed by atoms with E-state index in [1.807, 2.05) is 0 Å². The summed E-state index contributed by atoms with van der Waals surface area (Å²) in [6.07, 6.45) is 1.84. The summed E-state index contributed by atoms with van der Waals surface area (Å²) in [6, 6.07) is 4.53. The first-order chi connectivity index (χ1) is 7.20. The molecule has 0 bridgehead atoms. The van der Waals surface area contributed by atoms with Crippen LogP contribution in [0.1, 0.15) is 19.2 Å². The van der Waals surface area contributed by atoms with Gasteiger partial charge in [-0.05, 0) is 40.5 Å². The summed E-state index contributed by atoms with van der Waals surface area (Å²) in [5.41, 5.74) is 0.779. The summed E-state index contributed by atoms with van der Waals surface area (Å²) in [6.45, 7) is 2.08. The summed E-state index contributed by atoms with van der Waals surface area (Å²) in [5.74, 6) is 0.526. The molecule has 1 aromatic carbocycles. The zero-order valence-corrected chi connectivity index (χ0v) is 9.88. The molecular weight excluding hydrogens is 259 g/mol. The molecule has 0 radical (unpaired) electrons. The van der Waals surface area contributed by atoms with Gasteiger partial charge in [-0.15, -0.1) is 0 Å². The molecule has 0 N–H and O–H groups in total. The van der Waals surface area contributed by atoms with Crippen molar-refractivity contribution in [2.45, 2.75) is 19.8 Å². The van der Waals surface area contributed by atoms with E-state index in [1.54, 1.807) is 6.07 Å². The normalized spacial score (nSPS) is 10.9. The Labute approximate surface area is 95.7 Å². The zero-order chi connectivity index (χ0) is 10.8. The highest BCUT2D eigenvalue weighted by molar-refractivity contribution is 9.10. The zero-order valence-electron chi connectivity index (χ0n) is 8.30. The lowest BCUT2D eigenvalue weighted by Crippen LogP contribution is -1.96. The van der Waals surface area contributed by atoms with Gasteiger partial charge in [0.2, 0.25) is 0 Å². The van der Waals surface area contributed by atoms with E-state index in [2.05, 4.69) is 32.8 Å². The number of aryl methyl sites for hydroxylation is 1. The number of rotatable bonds is 2. The van der Waals surface area contributed by atoms with Gasteiger partial charge in [-0.25, -0.2) is 14.4 Å². The monoisotopic (exact) mass is 268 g/mol. The minimum Gasteiger partial charge on any atom is -0.233 e. The molecule has 0 aliphatic heterocycles. The molecule has 0 amide bonds. The molecule has 0 unspecified atom stereocenters. The van der Waals surface area contributed by atoms with Crippen molar-refractivity contribution in [2.75, 3.05) is 0 Å². The first-order valence-corrected chi connectivity index (χ1v) is 5.61. The molecule has 0 saturated heterocycles. The van der Waals surface area contributed by atoms with Crippen LogP contribution >= 0.6 is 15.9 Å². The SMILES string of the molecule is CCCc1nc(Br)c2cc(F)ccc2n1. The number of benzene rings is 1. The van der Waals surface area contributed by atoms with Crippen molar-refractivity contribution in [3.8, 4) is 0 Å². The maximum absolute atomic E-state index is 13.0. The highest BCUT2D eigenvalue weighted by atomic mass is 79.9. The predicted molar refractivity (Wildman–Crippen MR) is 61.2 cm³/mol. The Morgan fingerprint density at radius 3 is 2.87 bits per heavy atom. The standard InChI is InChI=1S/C11H10BrFN2/c1-2-3-10-14-9-5-4-7(13)6-8(9)11(12)15-10/h4-6H,2-3H2,1H3. The number of hydrogen-bond acceptors (Lipinski definition) is 2. The molecule has 2 rings (SSSR count). The summed E-state index contributed by atoms with van der Waals surface area (Å²) in [5, 5.41) is 0.717. The average Bonchev–Trinajstić information content (AvgIpc) is 2.20. The van der Waals surface area contributed by atoms with Gasteiger partial charge in [0.1, 0.15) is 16.2 Å². The lowest BCUT2D eigenvalue weighted by Gasteiger charge is -2.03. The third-order valence-corrected chi connectivity index (χ3v) is 2.74. The van der Waals surface area contributed by atoms with Crippen LogP contribution in [0.2, 0.25) is 0 Å². The van der Waals surface area contributed by atoms with Gasteiger partial charge in [0, 0.05) is 11.8 Å². The minimum absolute atomic E-state index is 0.268.